The monoisotopic (exact) mass is 223 g/mol. The Morgan fingerprint density at radius 3 is 3.13 bits per heavy atom. The molecule has 2 aromatic rings. The fourth-order valence-electron chi connectivity index (χ4n) is 1.48. The predicted octanol–water partition coefficient (Wildman–Crippen LogP) is 1.94. The molecule has 5 heteroatoms. The van der Waals surface area contributed by atoms with Gasteiger partial charge < -0.3 is 10.2 Å². The highest BCUT2D eigenvalue weighted by Gasteiger charge is 2.15. The van der Waals surface area contributed by atoms with E-state index in [1.807, 2.05) is 12.1 Å². The van der Waals surface area contributed by atoms with Gasteiger partial charge in [-0.15, -0.1) is 5.10 Å². The van der Waals surface area contributed by atoms with Crippen molar-refractivity contribution in [3.63, 3.8) is 0 Å². The third-order valence-corrected chi connectivity index (χ3v) is 3.16. The van der Waals surface area contributed by atoms with E-state index in [9.17, 15) is 0 Å². The summed E-state index contributed by atoms with van der Waals surface area (Å²) in [5.74, 6) is 0.901. The van der Waals surface area contributed by atoms with Gasteiger partial charge in [0, 0.05) is 12.5 Å². The predicted molar refractivity (Wildman–Crippen MR) is 58.6 cm³/mol. The van der Waals surface area contributed by atoms with Gasteiger partial charge in [-0.3, -0.25) is 0 Å². The van der Waals surface area contributed by atoms with Gasteiger partial charge >= 0.3 is 0 Å². The van der Waals surface area contributed by atoms with E-state index in [0.29, 0.717) is 6.42 Å². The lowest BCUT2D eigenvalue weighted by Crippen LogP contribution is -2.13. The molecule has 0 saturated heterocycles. The van der Waals surface area contributed by atoms with E-state index < -0.39 is 0 Å². The third kappa shape index (κ3) is 2.24. The second-order valence-electron chi connectivity index (χ2n) is 3.33. The quantitative estimate of drug-likeness (QED) is 0.860. The summed E-state index contributed by atoms with van der Waals surface area (Å²) in [4.78, 5) is 1.06. The molecule has 2 N–H and O–H groups in total. The van der Waals surface area contributed by atoms with E-state index in [4.69, 9.17) is 10.2 Å². The number of nitrogens with zero attached hydrogens (tertiary/aromatic N) is 2. The minimum absolute atomic E-state index is 0.0638. The highest BCUT2D eigenvalue weighted by atomic mass is 32.1. The number of rotatable bonds is 4. The van der Waals surface area contributed by atoms with Crippen LogP contribution in [0.15, 0.2) is 22.8 Å². The van der Waals surface area contributed by atoms with Gasteiger partial charge in [0.15, 0.2) is 0 Å². The van der Waals surface area contributed by atoms with E-state index in [2.05, 4.69) is 16.5 Å². The topological polar surface area (TPSA) is 64.9 Å². The minimum atomic E-state index is -0.0638. The number of hydrogen-bond donors (Lipinski definition) is 1. The maximum Gasteiger partial charge on any atom is 0.105 e. The maximum atomic E-state index is 6.08. The first kappa shape index (κ1) is 10.3. The third-order valence-electron chi connectivity index (χ3n) is 2.26. The molecule has 0 saturated carbocycles. The van der Waals surface area contributed by atoms with Gasteiger partial charge in [0.05, 0.1) is 16.8 Å². The fourth-order valence-corrected chi connectivity index (χ4v) is 2.22. The lowest BCUT2D eigenvalue weighted by molar-refractivity contribution is 0.489. The standard InChI is InChI=1S/C10H13N3OS/c1-2-9-10(15-13-12-9)8(11)6-7-4-3-5-14-7/h3-5,8H,2,6,11H2,1H3. The number of aryl methyl sites for hydroxylation is 1. The Bertz CT molecular complexity index is 410. The molecule has 0 bridgehead atoms. The lowest BCUT2D eigenvalue weighted by Gasteiger charge is -2.07. The van der Waals surface area contributed by atoms with Crippen molar-refractivity contribution >= 4 is 11.5 Å². The Hall–Kier alpha value is -1.20. The van der Waals surface area contributed by atoms with E-state index in [-0.39, 0.29) is 6.04 Å². The molecular weight excluding hydrogens is 210 g/mol. The molecule has 0 radical (unpaired) electrons. The molecule has 80 valence electrons. The van der Waals surface area contributed by atoms with Crippen molar-refractivity contribution in [1.29, 1.82) is 0 Å². The van der Waals surface area contributed by atoms with Crippen molar-refractivity contribution in [1.82, 2.24) is 9.59 Å². The first-order valence-corrected chi connectivity index (χ1v) is 5.67. The molecule has 0 aliphatic heterocycles. The summed E-state index contributed by atoms with van der Waals surface area (Å²) in [5.41, 5.74) is 7.08. The van der Waals surface area contributed by atoms with Crippen LogP contribution in [0.4, 0.5) is 0 Å². The van der Waals surface area contributed by atoms with Crippen LogP contribution in [0, 0.1) is 0 Å². The summed E-state index contributed by atoms with van der Waals surface area (Å²) >= 11 is 1.38. The van der Waals surface area contributed by atoms with E-state index >= 15 is 0 Å². The van der Waals surface area contributed by atoms with E-state index in [1.54, 1.807) is 6.26 Å². The van der Waals surface area contributed by atoms with Crippen LogP contribution in [0.25, 0.3) is 0 Å². The molecule has 0 spiro atoms. The van der Waals surface area contributed by atoms with Crippen molar-refractivity contribution in [3.05, 3.63) is 34.7 Å². The summed E-state index contributed by atoms with van der Waals surface area (Å²) in [7, 11) is 0. The molecular formula is C10H13N3OS. The molecule has 1 unspecified atom stereocenters. The first-order chi connectivity index (χ1) is 7.31. The summed E-state index contributed by atoms with van der Waals surface area (Å²) in [6.07, 6.45) is 3.23. The van der Waals surface area contributed by atoms with Crippen LogP contribution in [-0.2, 0) is 12.8 Å². The average molecular weight is 223 g/mol. The molecule has 0 amide bonds. The Labute approximate surface area is 92.3 Å². The molecule has 1 atom stereocenters. The second kappa shape index (κ2) is 4.55. The maximum absolute atomic E-state index is 6.08. The average Bonchev–Trinajstić information content (AvgIpc) is 2.86. The van der Waals surface area contributed by atoms with Crippen molar-refractivity contribution in [3.8, 4) is 0 Å². The summed E-state index contributed by atoms with van der Waals surface area (Å²) in [6.45, 7) is 2.06. The second-order valence-corrected chi connectivity index (χ2v) is 4.11. The highest BCUT2D eigenvalue weighted by Crippen LogP contribution is 2.22. The summed E-state index contributed by atoms with van der Waals surface area (Å²) in [6, 6.07) is 3.74. The molecule has 4 nitrogen and oxygen atoms in total. The molecule has 0 aliphatic rings. The van der Waals surface area contributed by atoms with Crippen LogP contribution in [0.1, 0.15) is 29.3 Å². The SMILES string of the molecule is CCc1nnsc1C(N)Cc1ccco1. The molecule has 2 rings (SSSR count). The summed E-state index contributed by atoms with van der Waals surface area (Å²) < 4.78 is 9.18. The van der Waals surface area contributed by atoms with Crippen molar-refractivity contribution < 1.29 is 4.42 Å². The number of furan rings is 1. The first-order valence-electron chi connectivity index (χ1n) is 4.90. The normalized spacial score (nSPS) is 12.9. The van der Waals surface area contributed by atoms with Gasteiger partial charge in [0.25, 0.3) is 0 Å². The zero-order valence-corrected chi connectivity index (χ0v) is 9.33. The van der Waals surface area contributed by atoms with Crippen LogP contribution in [0.5, 0.6) is 0 Å². The Morgan fingerprint density at radius 2 is 2.47 bits per heavy atom. The van der Waals surface area contributed by atoms with Crippen LogP contribution in [0.2, 0.25) is 0 Å². The van der Waals surface area contributed by atoms with Gasteiger partial charge in [-0.2, -0.15) is 0 Å². The zero-order chi connectivity index (χ0) is 10.7. The van der Waals surface area contributed by atoms with Crippen LogP contribution >= 0.6 is 11.5 Å². The number of aromatic nitrogens is 2. The Morgan fingerprint density at radius 1 is 1.60 bits per heavy atom. The van der Waals surface area contributed by atoms with Gasteiger partial charge in [-0.05, 0) is 30.1 Å². The minimum Gasteiger partial charge on any atom is -0.469 e. The number of nitrogens with two attached hydrogens (primary N) is 1. The smallest absolute Gasteiger partial charge is 0.105 e. The van der Waals surface area contributed by atoms with E-state index in [1.165, 1.54) is 11.5 Å². The highest BCUT2D eigenvalue weighted by molar-refractivity contribution is 7.05. The molecule has 2 heterocycles. The molecule has 0 aromatic carbocycles. The van der Waals surface area contributed by atoms with Crippen molar-refractivity contribution in [2.24, 2.45) is 5.73 Å². The Kier molecular flexibility index (Phi) is 3.13. The van der Waals surface area contributed by atoms with Gasteiger partial charge in [0.1, 0.15) is 5.76 Å². The van der Waals surface area contributed by atoms with Crippen LogP contribution < -0.4 is 5.73 Å². The van der Waals surface area contributed by atoms with Crippen LogP contribution in [0.3, 0.4) is 0 Å². The molecule has 0 fully saturated rings. The largest absolute Gasteiger partial charge is 0.469 e. The zero-order valence-electron chi connectivity index (χ0n) is 8.51. The molecule has 2 aromatic heterocycles. The Balaban J connectivity index is 2.11. The van der Waals surface area contributed by atoms with E-state index in [0.717, 1.165) is 22.8 Å². The summed E-state index contributed by atoms with van der Waals surface area (Å²) in [5, 5.41) is 4.04. The number of hydrogen-bond acceptors (Lipinski definition) is 5. The van der Waals surface area contributed by atoms with Crippen LogP contribution in [-0.4, -0.2) is 9.59 Å². The fraction of sp³-hybridized carbons (Fsp3) is 0.400. The molecule has 15 heavy (non-hydrogen) atoms. The van der Waals surface area contributed by atoms with Crippen molar-refractivity contribution in [2.75, 3.05) is 0 Å². The molecule has 0 aliphatic carbocycles. The van der Waals surface area contributed by atoms with Gasteiger partial charge in [-0.1, -0.05) is 11.4 Å². The van der Waals surface area contributed by atoms with Gasteiger partial charge in [0.2, 0.25) is 0 Å². The van der Waals surface area contributed by atoms with Gasteiger partial charge in [-0.25, -0.2) is 0 Å². The lowest BCUT2D eigenvalue weighted by atomic mass is 10.1. The van der Waals surface area contributed by atoms with Crippen molar-refractivity contribution in [2.45, 2.75) is 25.8 Å².